The fourth-order valence-corrected chi connectivity index (χ4v) is 3.62. The molecule has 0 amide bonds. The maximum atomic E-state index is 6.14. The van der Waals surface area contributed by atoms with Gasteiger partial charge in [0, 0.05) is 44.8 Å². The van der Waals surface area contributed by atoms with E-state index >= 15 is 0 Å². The van der Waals surface area contributed by atoms with Crippen molar-refractivity contribution in [2.24, 2.45) is 0 Å². The predicted molar refractivity (Wildman–Crippen MR) is 108 cm³/mol. The fourth-order valence-electron chi connectivity index (χ4n) is 3.62. The second-order valence-electron chi connectivity index (χ2n) is 6.86. The number of pyridine rings is 1. The Labute approximate surface area is 160 Å². The zero-order valence-corrected chi connectivity index (χ0v) is 15.9. The number of nitrogens with zero attached hydrogens (tertiary/aromatic N) is 4. The van der Waals surface area contributed by atoms with Gasteiger partial charge >= 0.3 is 0 Å². The van der Waals surface area contributed by atoms with Crippen molar-refractivity contribution >= 4 is 11.0 Å². The van der Waals surface area contributed by atoms with Gasteiger partial charge in [0.25, 0.3) is 0 Å². The van der Waals surface area contributed by atoms with Gasteiger partial charge in [0.05, 0.1) is 24.8 Å². The largest absolute Gasteiger partial charge is 0.490 e. The third-order valence-electron chi connectivity index (χ3n) is 5.08. The minimum absolute atomic E-state index is 0.695. The van der Waals surface area contributed by atoms with Crippen LogP contribution < -0.4 is 10.1 Å². The van der Waals surface area contributed by atoms with Crippen molar-refractivity contribution in [1.82, 2.24) is 24.8 Å². The summed E-state index contributed by atoms with van der Waals surface area (Å²) in [4.78, 5) is 11.8. The number of nitrogens with one attached hydrogen (secondary N) is 1. The smallest absolute Gasteiger partial charge is 0.163 e. The Morgan fingerprint density at radius 3 is 2.70 bits per heavy atom. The van der Waals surface area contributed by atoms with Crippen LogP contribution in [-0.4, -0.2) is 58.8 Å². The number of fused-ring (bicyclic) bond motifs is 1. The zero-order valence-electron chi connectivity index (χ0n) is 15.9. The van der Waals surface area contributed by atoms with Gasteiger partial charge in [0.1, 0.15) is 11.0 Å². The van der Waals surface area contributed by atoms with Crippen LogP contribution in [0.2, 0.25) is 0 Å². The lowest BCUT2D eigenvalue weighted by Crippen LogP contribution is -2.43. The van der Waals surface area contributed by atoms with Gasteiger partial charge in [0.2, 0.25) is 0 Å². The first kappa shape index (κ1) is 17.9. The van der Waals surface area contributed by atoms with Gasteiger partial charge in [-0.3, -0.25) is 0 Å². The number of hydrogen-bond donors (Lipinski definition) is 1. The monoisotopic (exact) mass is 365 g/mol. The summed E-state index contributed by atoms with van der Waals surface area (Å²) < 4.78 is 8.27. The summed E-state index contributed by atoms with van der Waals surface area (Å²) in [5.74, 6) is 0.823. The molecule has 3 heterocycles. The van der Waals surface area contributed by atoms with Crippen molar-refractivity contribution in [3.8, 4) is 17.0 Å². The Morgan fingerprint density at radius 1 is 1.11 bits per heavy atom. The lowest BCUT2D eigenvalue weighted by atomic mass is 10.1. The van der Waals surface area contributed by atoms with E-state index in [1.807, 2.05) is 30.7 Å². The van der Waals surface area contributed by atoms with Gasteiger partial charge in [-0.25, -0.2) is 9.97 Å². The molecule has 1 N–H and O–H groups in total. The Kier molecular flexibility index (Phi) is 5.65. The number of aromatic nitrogens is 3. The van der Waals surface area contributed by atoms with E-state index in [1.165, 1.54) is 0 Å². The van der Waals surface area contributed by atoms with Gasteiger partial charge in [-0.2, -0.15) is 0 Å². The van der Waals surface area contributed by atoms with E-state index in [0.29, 0.717) is 6.61 Å². The van der Waals surface area contributed by atoms with Crippen molar-refractivity contribution in [3.63, 3.8) is 0 Å². The Hall–Kier alpha value is -2.44. The number of piperazine rings is 1. The molecular formula is C21H27N5O. The first-order valence-corrected chi connectivity index (χ1v) is 9.82. The first-order chi connectivity index (χ1) is 13.4. The number of aryl methyl sites for hydroxylation is 1. The molecule has 1 fully saturated rings. The average molecular weight is 365 g/mol. The van der Waals surface area contributed by atoms with Crippen LogP contribution in [0.4, 0.5) is 0 Å². The number of rotatable bonds is 7. The van der Waals surface area contributed by atoms with E-state index in [2.05, 4.69) is 43.8 Å². The lowest BCUT2D eigenvalue weighted by molar-refractivity contribution is 0.214. The molecule has 0 radical (unpaired) electrons. The molecule has 1 aromatic carbocycles. The molecule has 2 aromatic heterocycles. The molecule has 0 unspecified atom stereocenters. The zero-order chi connectivity index (χ0) is 18.5. The number of benzene rings is 1. The van der Waals surface area contributed by atoms with Crippen LogP contribution in [0.25, 0.3) is 22.3 Å². The molecular weight excluding hydrogens is 338 g/mol. The van der Waals surface area contributed by atoms with Crippen LogP contribution in [0, 0.1) is 0 Å². The highest BCUT2D eigenvalue weighted by Crippen LogP contribution is 2.31. The Bertz CT molecular complexity index is 871. The number of hydrogen-bond acceptors (Lipinski definition) is 5. The molecule has 27 heavy (non-hydrogen) atoms. The summed E-state index contributed by atoms with van der Waals surface area (Å²) >= 11 is 0. The summed E-state index contributed by atoms with van der Waals surface area (Å²) in [6.45, 7) is 9.17. The number of ether oxygens (including phenoxy) is 1. The van der Waals surface area contributed by atoms with Gasteiger partial charge in [-0.05, 0) is 13.3 Å². The van der Waals surface area contributed by atoms with E-state index in [0.717, 1.165) is 73.7 Å². The summed E-state index contributed by atoms with van der Waals surface area (Å²) in [6.07, 6.45) is 4.75. The van der Waals surface area contributed by atoms with Gasteiger partial charge in [0.15, 0.2) is 5.75 Å². The predicted octanol–water partition coefficient (Wildman–Crippen LogP) is 2.79. The van der Waals surface area contributed by atoms with Crippen LogP contribution in [0.15, 0.2) is 42.9 Å². The molecule has 1 aliphatic heterocycles. The van der Waals surface area contributed by atoms with Crippen LogP contribution in [0.5, 0.6) is 5.75 Å². The second kappa shape index (κ2) is 8.50. The maximum Gasteiger partial charge on any atom is 0.163 e. The minimum atomic E-state index is 0.695. The highest BCUT2D eigenvalue weighted by atomic mass is 16.5. The molecule has 6 nitrogen and oxygen atoms in total. The van der Waals surface area contributed by atoms with E-state index in [1.54, 1.807) is 0 Å². The van der Waals surface area contributed by atoms with Crippen LogP contribution in [0.3, 0.4) is 0 Å². The van der Waals surface area contributed by atoms with E-state index in [9.17, 15) is 0 Å². The molecule has 3 aromatic rings. The summed E-state index contributed by atoms with van der Waals surface area (Å²) in [6, 6.07) is 10.2. The van der Waals surface area contributed by atoms with Crippen molar-refractivity contribution < 1.29 is 4.74 Å². The topological polar surface area (TPSA) is 55.2 Å². The van der Waals surface area contributed by atoms with Crippen molar-refractivity contribution in [3.05, 3.63) is 42.9 Å². The maximum absolute atomic E-state index is 6.14. The van der Waals surface area contributed by atoms with Gasteiger partial charge < -0.3 is 19.5 Å². The molecule has 1 saturated heterocycles. The van der Waals surface area contributed by atoms with E-state index in [4.69, 9.17) is 4.74 Å². The Balaban J connectivity index is 1.51. The molecule has 6 heteroatoms. The third kappa shape index (κ3) is 3.96. The van der Waals surface area contributed by atoms with Crippen molar-refractivity contribution in [2.45, 2.75) is 19.9 Å². The van der Waals surface area contributed by atoms with E-state index < -0.39 is 0 Å². The molecule has 142 valence electrons. The Morgan fingerprint density at radius 2 is 1.93 bits per heavy atom. The molecule has 4 rings (SSSR count). The van der Waals surface area contributed by atoms with Crippen LogP contribution in [-0.2, 0) is 6.54 Å². The molecule has 0 bridgehead atoms. The first-order valence-electron chi connectivity index (χ1n) is 9.82. The number of imidazole rings is 1. The molecule has 0 aliphatic carbocycles. The standard InChI is InChI=1S/C21H27N5O/c1-2-26-16-24-20-19(17-7-4-3-5-8-17)23-15-18(21(20)26)27-14-6-11-25-12-9-22-10-13-25/h3-5,7-8,15-16,22H,2,6,9-14H2,1H3. The lowest BCUT2D eigenvalue weighted by Gasteiger charge is -2.27. The minimum Gasteiger partial charge on any atom is -0.490 e. The van der Waals surface area contributed by atoms with E-state index in [-0.39, 0.29) is 0 Å². The summed E-state index contributed by atoms with van der Waals surface area (Å²) in [7, 11) is 0. The third-order valence-corrected chi connectivity index (χ3v) is 5.08. The fraction of sp³-hybridized carbons (Fsp3) is 0.429. The SMILES string of the molecule is CCn1cnc2c(-c3ccccc3)ncc(OCCCN3CCNCC3)c21. The normalized spacial score (nSPS) is 15.3. The molecule has 0 saturated carbocycles. The van der Waals surface area contributed by atoms with Crippen LogP contribution in [0.1, 0.15) is 13.3 Å². The van der Waals surface area contributed by atoms with Gasteiger partial charge in [-0.15, -0.1) is 0 Å². The quantitative estimate of drug-likeness (QED) is 0.653. The van der Waals surface area contributed by atoms with Crippen molar-refractivity contribution in [1.29, 1.82) is 0 Å². The summed E-state index contributed by atoms with van der Waals surface area (Å²) in [5, 5.41) is 3.39. The highest BCUT2D eigenvalue weighted by Gasteiger charge is 2.16. The molecule has 0 spiro atoms. The summed E-state index contributed by atoms with van der Waals surface area (Å²) in [5.41, 5.74) is 3.93. The average Bonchev–Trinajstić information content (AvgIpc) is 3.17. The van der Waals surface area contributed by atoms with Crippen molar-refractivity contribution in [2.75, 3.05) is 39.3 Å². The molecule has 1 aliphatic rings. The van der Waals surface area contributed by atoms with Gasteiger partial charge in [-0.1, -0.05) is 30.3 Å². The van der Waals surface area contributed by atoms with Crippen LogP contribution >= 0.6 is 0 Å². The highest BCUT2D eigenvalue weighted by molar-refractivity contribution is 5.93. The molecule has 0 atom stereocenters. The second-order valence-corrected chi connectivity index (χ2v) is 6.86.